The Balaban J connectivity index is 2.50. The monoisotopic (exact) mass is 269 g/mol. The van der Waals surface area contributed by atoms with Crippen molar-refractivity contribution < 1.29 is 5.11 Å². The van der Waals surface area contributed by atoms with Crippen LogP contribution in [0.5, 0.6) is 0 Å². The van der Waals surface area contributed by atoms with Crippen molar-refractivity contribution in [2.45, 2.75) is 66.2 Å². The van der Waals surface area contributed by atoms with Gasteiger partial charge in [0.05, 0.1) is 0 Å². The maximum atomic E-state index is 9.79. The van der Waals surface area contributed by atoms with E-state index in [9.17, 15) is 5.11 Å². The lowest BCUT2D eigenvalue weighted by Crippen LogP contribution is -2.40. The van der Waals surface area contributed by atoms with Crippen LogP contribution < -0.4 is 0 Å². The molecule has 0 aromatic heterocycles. The lowest BCUT2D eigenvalue weighted by atomic mass is 9.86. The van der Waals surface area contributed by atoms with E-state index in [4.69, 9.17) is 0 Å². The fraction of sp³-hybridized carbons (Fsp3) is 1.00. The van der Waals surface area contributed by atoms with Gasteiger partial charge < -0.3 is 10.0 Å². The fourth-order valence-electron chi connectivity index (χ4n) is 3.12. The summed E-state index contributed by atoms with van der Waals surface area (Å²) in [6.45, 7) is 13.1. The number of hydrogen-bond donors (Lipinski definition) is 1. The summed E-state index contributed by atoms with van der Waals surface area (Å²) >= 11 is 0. The van der Waals surface area contributed by atoms with Crippen LogP contribution in [-0.4, -0.2) is 36.2 Å². The summed E-state index contributed by atoms with van der Waals surface area (Å²) in [7, 11) is 0. The van der Waals surface area contributed by atoms with Crippen molar-refractivity contribution in [3.63, 3.8) is 0 Å². The highest BCUT2D eigenvalue weighted by molar-refractivity contribution is 4.87. The topological polar surface area (TPSA) is 23.5 Å². The first kappa shape index (κ1) is 17.0. The van der Waals surface area contributed by atoms with Gasteiger partial charge in [0.1, 0.15) is 0 Å². The summed E-state index contributed by atoms with van der Waals surface area (Å²) in [6.07, 6.45) is 7.62. The van der Waals surface area contributed by atoms with Crippen LogP contribution >= 0.6 is 0 Å². The van der Waals surface area contributed by atoms with Crippen LogP contribution in [0.15, 0.2) is 0 Å². The molecule has 19 heavy (non-hydrogen) atoms. The second-order valence-corrected chi connectivity index (χ2v) is 7.51. The summed E-state index contributed by atoms with van der Waals surface area (Å²) in [6, 6.07) is 0. The molecule has 0 radical (unpaired) electrons. The molecule has 0 spiro atoms. The molecule has 1 N–H and O–H groups in total. The number of hydrogen-bond acceptors (Lipinski definition) is 2. The minimum Gasteiger partial charge on any atom is -0.396 e. The summed E-state index contributed by atoms with van der Waals surface area (Å²) in [5.74, 6) is 1.55. The molecule has 2 nitrogen and oxygen atoms in total. The smallest absolute Gasteiger partial charge is 0.0499 e. The van der Waals surface area contributed by atoms with Crippen LogP contribution in [0.25, 0.3) is 0 Å². The average Bonchev–Trinajstić information content (AvgIpc) is 2.81. The maximum absolute atomic E-state index is 9.79. The highest BCUT2D eigenvalue weighted by atomic mass is 16.3. The van der Waals surface area contributed by atoms with Gasteiger partial charge in [0.2, 0.25) is 0 Å². The number of aliphatic hydroxyl groups is 1. The van der Waals surface area contributed by atoms with Gasteiger partial charge >= 0.3 is 0 Å². The van der Waals surface area contributed by atoms with Gasteiger partial charge in [-0.3, -0.25) is 0 Å². The molecule has 0 bridgehead atoms. The molecule has 0 saturated heterocycles. The Bertz CT molecular complexity index is 219. The highest BCUT2D eigenvalue weighted by Crippen LogP contribution is 2.38. The maximum Gasteiger partial charge on any atom is 0.0499 e. The second-order valence-electron chi connectivity index (χ2n) is 7.51. The Morgan fingerprint density at radius 1 is 0.947 bits per heavy atom. The van der Waals surface area contributed by atoms with Crippen molar-refractivity contribution in [1.29, 1.82) is 0 Å². The molecule has 0 atom stereocenters. The molecule has 0 heterocycles. The third kappa shape index (κ3) is 6.27. The van der Waals surface area contributed by atoms with Crippen molar-refractivity contribution in [1.82, 2.24) is 4.90 Å². The zero-order chi connectivity index (χ0) is 14.3. The molecule has 1 fully saturated rings. The Kier molecular flexibility index (Phi) is 7.38. The molecule has 0 aromatic carbocycles. The van der Waals surface area contributed by atoms with E-state index in [1.54, 1.807) is 0 Å². The van der Waals surface area contributed by atoms with Gasteiger partial charge in [0.25, 0.3) is 0 Å². The predicted molar refractivity (Wildman–Crippen MR) is 83.3 cm³/mol. The van der Waals surface area contributed by atoms with E-state index >= 15 is 0 Å². The molecule has 1 aliphatic carbocycles. The van der Waals surface area contributed by atoms with Gasteiger partial charge in [-0.1, -0.05) is 40.5 Å². The molecule has 2 heteroatoms. The Labute approximate surface area is 120 Å². The molecule has 1 saturated carbocycles. The lowest BCUT2D eigenvalue weighted by molar-refractivity contribution is 0.0739. The van der Waals surface area contributed by atoms with Gasteiger partial charge in [0.15, 0.2) is 0 Å². The minimum absolute atomic E-state index is 0.216. The molecule has 0 unspecified atom stereocenters. The molecular weight excluding hydrogens is 234 g/mol. The number of rotatable bonds is 9. The van der Waals surface area contributed by atoms with E-state index in [0.717, 1.165) is 18.4 Å². The van der Waals surface area contributed by atoms with E-state index in [0.29, 0.717) is 6.61 Å². The minimum atomic E-state index is 0.216. The zero-order valence-corrected chi connectivity index (χ0v) is 13.6. The first-order valence-electron chi connectivity index (χ1n) is 8.31. The van der Waals surface area contributed by atoms with Gasteiger partial charge in [-0.15, -0.1) is 0 Å². The van der Waals surface area contributed by atoms with Crippen LogP contribution in [0.3, 0.4) is 0 Å². The summed E-state index contributed by atoms with van der Waals surface area (Å²) in [5.41, 5.74) is 0.216. The molecule has 114 valence electrons. The van der Waals surface area contributed by atoms with Crippen LogP contribution in [0.4, 0.5) is 0 Å². The summed E-state index contributed by atoms with van der Waals surface area (Å²) in [4.78, 5) is 2.63. The average molecular weight is 269 g/mol. The van der Waals surface area contributed by atoms with Crippen LogP contribution in [0, 0.1) is 17.3 Å². The quantitative estimate of drug-likeness (QED) is 0.685. The third-order valence-electron chi connectivity index (χ3n) is 4.60. The highest BCUT2D eigenvalue weighted by Gasteiger charge is 2.34. The zero-order valence-electron chi connectivity index (χ0n) is 13.6. The van der Waals surface area contributed by atoms with E-state index in [1.165, 1.54) is 51.6 Å². The van der Waals surface area contributed by atoms with Crippen molar-refractivity contribution in [2.75, 3.05) is 26.2 Å². The fourth-order valence-corrected chi connectivity index (χ4v) is 3.12. The third-order valence-corrected chi connectivity index (χ3v) is 4.60. The van der Waals surface area contributed by atoms with Crippen LogP contribution in [-0.2, 0) is 0 Å². The Morgan fingerprint density at radius 2 is 1.42 bits per heavy atom. The van der Waals surface area contributed by atoms with Gasteiger partial charge in [-0.2, -0.15) is 0 Å². The lowest BCUT2D eigenvalue weighted by Gasteiger charge is -2.34. The number of nitrogens with zero attached hydrogens (tertiary/aromatic N) is 1. The Morgan fingerprint density at radius 3 is 1.79 bits per heavy atom. The standard InChI is InChI=1S/C17H35NO/c1-15(2)7-11-18(12-8-16(3)4)13-17(14-19)9-5-6-10-17/h15-16,19H,5-14H2,1-4H3. The summed E-state index contributed by atoms with van der Waals surface area (Å²) in [5, 5.41) is 9.79. The first-order valence-corrected chi connectivity index (χ1v) is 8.31. The van der Waals surface area contributed by atoms with E-state index in [1.807, 2.05) is 0 Å². The van der Waals surface area contributed by atoms with Crippen molar-refractivity contribution in [3.05, 3.63) is 0 Å². The van der Waals surface area contributed by atoms with E-state index in [2.05, 4.69) is 32.6 Å². The second kappa shape index (κ2) is 8.26. The van der Waals surface area contributed by atoms with Gasteiger partial charge in [-0.25, -0.2) is 0 Å². The van der Waals surface area contributed by atoms with Gasteiger partial charge in [0, 0.05) is 18.6 Å². The van der Waals surface area contributed by atoms with Crippen molar-refractivity contribution in [3.8, 4) is 0 Å². The van der Waals surface area contributed by atoms with Gasteiger partial charge in [-0.05, 0) is 50.6 Å². The van der Waals surface area contributed by atoms with Crippen LogP contribution in [0.2, 0.25) is 0 Å². The molecular formula is C17H35NO. The van der Waals surface area contributed by atoms with Crippen molar-refractivity contribution in [2.24, 2.45) is 17.3 Å². The first-order chi connectivity index (χ1) is 8.97. The Hall–Kier alpha value is -0.0800. The molecule has 0 aromatic rings. The summed E-state index contributed by atoms with van der Waals surface area (Å²) < 4.78 is 0. The van der Waals surface area contributed by atoms with Crippen molar-refractivity contribution >= 4 is 0 Å². The number of aliphatic hydroxyl groups excluding tert-OH is 1. The van der Waals surface area contributed by atoms with E-state index in [-0.39, 0.29) is 5.41 Å². The molecule has 1 aliphatic rings. The molecule has 1 rings (SSSR count). The SMILES string of the molecule is CC(C)CCN(CCC(C)C)CC1(CO)CCCC1. The van der Waals surface area contributed by atoms with E-state index < -0.39 is 0 Å². The van der Waals surface area contributed by atoms with Crippen LogP contribution in [0.1, 0.15) is 66.2 Å². The largest absolute Gasteiger partial charge is 0.396 e. The molecule has 0 amide bonds. The molecule has 0 aliphatic heterocycles. The normalized spacial score (nSPS) is 18.9. The predicted octanol–water partition coefficient (Wildman–Crippen LogP) is 3.93.